The summed E-state index contributed by atoms with van der Waals surface area (Å²) in [7, 11) is 1.56. The van der Waals surface area contributed by atoms with E-state index in [-0.39, 0.29) is 23.2 Å². The van der Waals surface area contributed by atoms with Crippen LogP contribution >= 0.6 is 15.9 Å². The minimum Gasteiger partial charge on any atom is -0.497 e. The molecule has 10 heteroatoms. The zero-order valence-electron chi connectivity index (χ0n) is 19.6. The number of nitrogens with zero attached hydrogens (tertiary/aromatic N) is 1. The highest BCUT2D eigenvalue weighted by Crippen LogP contribution is 2.60. The first-order chi connectivity index (χ1) is 16.3. The Balaban J connectivity index is 1.71. The second-order valence-corrected chi connectivity index (χ2v) is 10.3. The molecule has 0 aromatic heterocycles. The van der Waals surface area contributed by atoms with Gasteiger partial charge in [0.1, 0.15) is 17.4 Å². The quantitative estimate of drug-likeness (QED) is 0.412. The number of anilines is 1. The Morgan fingerprint density at radius 2 is 2.00 bits per heavy atom. The largest absolute Gasteiger partial charge is 0.497 e. The van der Waals surface area contributed by atoms with Gasteiger partial charge in [0.05, 0.1) is 37.7 Å². The van der Waals surface area contributed by atoms with Gasteiger partial charge in [-0.1, -0.05) is 29.8 Å². The minimum atomic E-state index is -1.15. The summed E-state index contributed by atoms with van der Waals surface area (Å²) in [4.78, 5) is 42.0. The van der Waals surface area contributed by atoms with Gasteiger partial charge in [-0.05, 0) is 43.5 Å². The molecule has 34 heavy (non-hydrogen) atoms. The molecule has 3 saturated heterocycles. The van der Waals surface area contributed by atoms with Crippen LogP contribution in [0.25, 0.3) is 0 Å². The molecular weight excluding hydrogens is 506 g/mol. The fourth-order valence-electron chi connectivity index (χ4n) is 5.72. The number of alkyl halides is 1. The number of aliphatic hydroxyl groups is 1. The number of rotatable bonds is 9. The number of ether oxygens (including phenoxy) is 2. The number of halogens is 1. The normalized spacial score (nSPS) is 32.4. The molecule has 7 atom stereocenters. The van der Waals surface area contributed by atoms with Gasteiger partial charge < -0.3 is 30.1 Å². The maximum absolute atomic E-state index is 13.8. The van der Waals surface area contributed by atoms with Gasteiger partial charge in [0, 0.05) is 17.1 Å². The van der Waals surface area contributed by atoms with Gasteiger partial charge in [-0.2, -0.15) is 0 Å². The van der Waals surface area contributed by atoms with Gasteiger partial charge in [0.2, 0.25) is 17.7 Å². The van der Waals surface area contributed by atoms with Crippen LogP contribution in [-0.4, -0.2) is 76.6 Å². The van der Waals surface area contributed by atoms with Crippen molar-refractivity contribution >= 4 is 39.3 Å². The van der Waals surface area contributed by atoms with E-state index < -0.39 is 41.5 Å². The molecule has 3 unspecified atom stereocenters. The molecule has 3 N–H and O–H groups in total. The van der Waals surface area contributed by atoms with Crippen LogP contribution in [0.2, 0.25) is 0 Å². The summed E-state index contributed by atoms with van der Waals surface area (Å²) in [6.07, 6.45) is 1.15. The Kier molecular flexibility index (Phi) is 7.21. The number of hydrogen-bond acceptors (Lipinski definition) is 6. The number of carbonyl (C=O) groups is 3. The second kappa shape index (κ2) is 9.83. The third kappa shape index (κ3) is 3.89. The number of benzene rings is 1. The molecule has 3 aliphatic heterocycles. The monoisotopic (exact) mass is 537 g/mol. The van der Waals surface area contributed by atoms with E-state index in [4.69, 9.17) is 9.47 Å². The molecule has 1 aromatic rings. The van der Waals surface area contributed by atoms with Crippen molar-refractivity contribution in [2.24, 2.45) is 11.8 Å². The van der Waals surface area contributed by atoms with Crippen LogP contribution in [0.1, 0.15) is 33.1 Å². The van der Waals surface area contributed by atoms with Crippen molar-refractivity contribution in [1.29, 1.82) is 0 Å². The first-order valence-electron chi connectivity index (χ1n) is 11.8. The second-order valence-electron chi connectivity index (χ2n) is 9.16. The van der Waals surface area contributed by atoms with E-state index in [1.807, 2.05) is 13.8 Å². The van der Waals surface area contributed by atoms with Gasteiger partial charge >= 0.3 is 0 Å². The number of fused-ring (bicyclic) bond motifs is 1. The number of amides is 3. The SMILES string of the molecule is CCCNC(=O)[C@H]1[C@H]2C(=O)N([C@@H](CC)CO)C(C(=O)Nc3ccc(OC)cc3)C23CC(Br)[C@@H]1O3. The molecule has 0 saturated carbocycles. The number of likely N-dealkylation sites (tertiary alicyclic amines) is 1. The van der Waals surface area contributed by atoms with E-state index >= 15 is 0 Å². The highest BCUT2D eigenvalue weighted by Gasteiger charge is 2.76. The van der Waals surface area contributed by atoms with Crippen LogP contribution in [0, 0.1) is 11.8 Å². The number of aliphatic hydroxyl groups excluding tert-OH is 1. The number of nitrogens with one attached hydrogen (secondary N) is 2. The Bertz CT molecular complexity index is 939. The lowest BCUT2D eigenvalue weighted by atomic mass is 9.70. The fourth-order valence-corrected chi connectivity index (χ4v) is 6.67. The van der Waals surface area contributed by atoms with Crippen molar-refractivity contribution in [3.63, 3.8) is 0 Å². The van der Waals surface area contributed by atoms with E-state index in [2.05, 4.69) is 26.6 Å². The zero-order valence-corrected chi connectivity index (χ0v) is 21.2. The van der Waals surface area contributed by atoms with Crippen LogP contribution in [-0.2, 0) is 19.1 Å². The molecule has 9 nitrogen and oxygen atoms in total. The van der Waals surface area contributed by atoms with Crippen molar-refractivity contribution in [2.45, 2.75) is 61.7 Å². The van der Waals surface area contributed by atoms with E-state index in [9.17, 15) is 19.5 Å². The summed E-state index contributed by atoms with van der Waals surface area (Å²) in [5, 5.41) is 15.9. The van der Waals surface area contributed by atoms with Crippen molar-refractivity contribution in [2.75, 3.05) is 25.6 Å². The molecule has 4 rings (SSSR count). The maximum atomic E-state index is 13.8. The average molecular weight is 538 g/mol. The minimum absolute atomic E-state index is 0.167. The Morgan fingerprint density at radius 3 is 2.59 bits per heavy atom. The lowest BCUT2D eigenvalue weighted by Gasteiger charge is -2.36. The van der Waals surface area contributed by atoms with Gasteiger partial charge in [0.25, 0.3) is 0 Å². The molecule has 186 valence electrons. The molecule has 3 heterocycles. The summed E-state index contributed by atoms with van der Waals surface area (Å²) in [6.45, 7) is 4.03. The number of carbonyl (C=O) groups excluding carboxylic acids is 3. The predicted molar refractivity (Wildman–Crippen MR) is 129 cm³/mol. The van der Waals surface area contributed by atoms with Gasteiger partial charge in [-0.3, -0.25) is 14.4 Å². The fraction of sp³-hybridized carbons (Fsp3) is 0.625. The topological polar surface area (TPSA) is 117 Å². The maximum Gasteiger partial charge on any atom is 0.250 e. The Hall–Kier alpha value is -2.17. The molecule has 1 aromatic carbocycles. The number of hydrogen-bond donors (Lipinski definition) is 3. The molecule has 0 radical (unpaired) electrons. The summed E-state index contributed by atoms with van der Waals surface area (Å²) >= 11 is 3.64. The lowest BCUT2D eigenvalue weighted by molar-refractivity contribution is -0.144. The van der Waals surface area contributed by atoms with Gasteiger partial charge in [-0.15, -0.1) is 0 Å². The highest BCUT2D eigenvalue weighted by molar-refractivity contribution is 9.09. The van der Waals surface area contributed by atoms with E-state index in [1.165, 1.54) is 4.90 Å². The van der Waals surface area contributed by atoms with Crippen LogP contribution in [0.5, 0.6) is 5.75 Å². The first-order valence-corrected chi connectivity index (χ1v) is 12.7. The van der Waals surface area contributed by atoms with E-state index in [0.717, 1.165) is 6.42 Å². The summed E-state index contributed by atoms with van der Waals surface area (Å²) < 4.78 is 11.6. The first kappa shape index (κ1) is 24.9. The average Bonchev–Trinajstić information content (AvgIpc) is 3.42. The van der Waals surface area contributed by atoms with Crippen molar-refractivity contribution in [3.05, 3.63) is 24.3 Å². The molecular formula is C24H32BrN3O6. The molecule has 3 fully saturated rings. The third-order valence-electron chi connectivity index (χ3n) is 7.26. The van der Waals surface area contributed by atoms with Crippen LogP contribution < -0.4 is 15.4 Å². The Labute approximate surface area is 207 Å². The summed E-state index contributed by atoms with van der Waals surface area (Å²) in [6, 6.07) is 5.37. The predicted octanol–water partition coefficient (Wildman–Crippen LogP) is 1.68. The molecule has 1 spiro atoms. The van der Waals surface area contributed by atoms with Crippen molar-refractivity contribution < 1.29 is 29.0 Å². The standard InChI is InChI=1S/C24H32BrN3O6/c1-4-10-26-21(30)17-18-23(32)28(14(5-2)12-29)20(24(18)11-16(25)19(17)34-24)22(31)27-13-6-8-15(33-3)9-7-13/h6-9,14,16-20,29H,4-5,10-12H2,1-3H3,(H,26,30)(H,27,31)/t14-,16?,17-,18-,19-,20?,24?/m0/s1. The smallest absolute Gasteiger partial charge is 0.250 e. The highest BCUT2D eigenvalue weighted by atomic mass is 79.9. The van der Waals surface area contributed by atoms with Crippen LogP contribution in [0.15, 0.2) is 24.3 Å². The third-order valence-corrected chi connectivity index (χ3v) is 8.11. The zero-order chi connectivity index (χ0) is 24.6. The van der Waals surface area contributed by atoms with Gasteiger partial charge in [-0.25, -0.2) is 0 Å². The lowest BCUT2D eigenvalue weighted by Crippen LogP contribution is -2.56. The number of methoxy groups -OCH3 is 1. The van der Waals surface area contributed by atoms with Crippen LogP contribution in [0.4, 0.5) is 5.69 Å². The molecule has 3 aliphatic rings. The molecule has 3 amide bonds. The summed E-state index contributed by atoms with van der Waals surface area (Å²) in [5.74, 6) is -1.77. The van der Waals surface area contributed by atoms with Crippen LogP contribution in [0.3, 0.4) is 0 Å². The van der Waals surface area contributed by atoms with Crippen molar-refractivity contribution in [1.82, 2.24) is 10.2 Å². The van der Waals surface area contributed by atoms with Crippen molar-refractivity contribution in [3.8, 4) is 5.75 Å². The Morgan fingerprint density at radius 1 is 1.29 bits per heavy atom. The van der Waals surface area contributed by atoms with E-state index in [0.29, 0.717) is 30.8 Å². The molecule has 0 aliphatic carbocycles. The van der Waals surface area contributed by atoms with E-state index in [1.54, 1.807) is 31.4 Å². The van der Waals surface area contributed by atoms with Gasteiger partial charge in [0.15, 0.2) is 0 Å². The molecule has 2 bridgehead atoms. The summed E-state index contributed by atoms with van der Waals surface area (Å²) in [5.41, 5.74) is -0.598.